The minimum Gasteiger partial charge on any atom is -0.494 e. The lowest BCUT2D eigenvalue weighted by Crippen LogP contribution is -2.18. The van der Waals surface area contributed by atoms with E-state index in [0.29, 0.717) is 50.4 Å². The highest BCUT2D eigenvalue weighted by Crippen LogP contribution is 2.26. The second kappa shape index (κ2) is 13.1. The van der Waals surface area contributed by atoms with Gasteiger partial charge in [-0.05, 0) is 51.7 Å². The lowest BCUT2D eigenvalue weighted by molar-refractivity contribution is -0.385. The number of hydrogen-bond donors (Lipinski definition) is 1. The average molecular weight is 383 g/mol. The zero-order chi connectivity index (χ0) is 20.1. The molecule has 8 heteroatoms. The number of nitrogens with zero attached hydrogens (tertiary/aromatic N) is 1. The molecule has 152 valence electrons. The van der Waals surface area contributed by atoms with Crippen molar-refractivity contribution in [1.29, 1.82) is 0 Å². The maximum atomic E-state index is 11.3. The number of hydrogen-bond acceptors (Lipinski definition) is 6. The van der Waals surface area contributed by atoms with Gasteiger partial charge in [0.2, 0.25) is 0 Å². The van der Waals surface area contributed by atoms with Gasteiger partial charge in [-0.2, -0.15) is 0 Å². The van der Waals surface area contributed by atoms with E-state index >= 15 is 0 Å². The van der Waals surface area contributed by atoms with Gasteiger partial charge in [-0.25, -0.2) is 0 Å². The van der Waals surface area contributed by atoms with Crippen molar-refractivity contribution in [3.8, 4) is 5.75 Å². The monoisotopic (exact) mass is 383 g/mol. The Balaban J connectivity index is 2.62. The van der Waals surface area contributed by atoms with Crippen molar-refractivity contribution in [3.63, 3.8) is 0 Å². The number of carboxylic acids is 1. The van der Waals surface area contributed by atoms with Crippen molar-refractivity contribution in [1.82, 2.24) is 0 Å². The number of carboxylic acid groups (broad SMARTS) is 1. The van der Waals surface area contributed by atoms with Gasteiger partial charge in [0.1, 0.15) is 5.75 Å². The molecule has 0 aliphatic heterocycles. The van der Waals surface area contributed by atoms with Gasteiger partial charge < -0.3 is 19.3 Å². The number of ether oxygens (including phenoxy) is 3. The number of carbonyl (C=O) groups is 1. The summed E-state index contributed by atoms with van der Waals surface area (Å²) < 4.78 is 16.6. The Hall–Kier alpha value is -2.19. The van der Waals surface area contributed by atoms with Gasteiger partial charge in [0.25, 0.3) is 5.69 Å². The standard InChI is InChI=1S/C19H29NO7/c1-3-25-19(26-4-2)12-9-15-14-16(10-11-17(15)20(23)24)27-13-7-5-6-8-18(21)22/h10-11,14,19H,3-9,12-13H2,1-2H3,(H,21,22). The summed E-state index contributed by atoms with van der Waals surface area (Å²) in [7, 11) is 0. The van der Waals surface area contributed by atoms with Crippen LogP contribution in [-0.4, -0.2) is 42.1 Å². The van der Waals surface area contributed by atoms with E-state index in [4.69, 9.17) is 19.3 Å². The van der Waals surface area contributed by atoms with Crippen LogP contribution >= 0.6 is 0 Å². The Bertz CT molecular complexity index is 585. The van der Waals surface area contributed by atoms with Gasteiger partial charge in [0.05, 0.1) is 11.5 Å². The van der Waals surface area contributed by atoms with Crippen molar-refractivity contribution in [2.24, 2.45) is 0 Å². The van der Waals surface area contributed by atoms with Gasteiger partial charge in [-0.1, -0.05) is 0 Å². The fraction of sp³-hybridized carbons (Fsp3) is 0.632. The molecule has 1 aromatic carbocycles. The zero-order valence-corrected chi connectivity index (χ0v) is 16.0. The minimum absolute atomic E-state index is 0.0514. The number of aryl methyl sites for hydroxylation is 1. The van der Waals surface area contributed by atoms with E-state index in [1.807, 2.05) is 13.8 Å². The molecular weight excluding hydrogens is 354 g/mol. The van der Waals surface area contributed by atoms with Crippen LogP contribution < -0.4 is 4.74 Å². The van der Waals surface area contributed by atoms with Gasteiger partial charge in [-0.15, -0.1) is 0 Å². The number of nitro groups is 1. The van der Waals surface area contributed by atoms with Crippen LogP contribution in [0, 0.1) is 10.1 Å². The fourth-order valence-electron chi connectivity index (χ4n) is 2.64. The van der Waals surface area contributed by atoms with E-state index in [2.05, 4.69) is 0 Å². The number of aliphatic carboxylic acids is 1. The molecule has 1 rings (SSSR count). The summed E-state index contributed by atoms with van der Waals surface area (Å²) in [6.07, 6.45) is 2.83. The summed E-state index contributed by atoms with van der Waals surface area (Å²) >= 11 is 0. The van der Waals surface area contributed by atoms with Crippen LogP contribution in [0.15, 0.2) is 18.2 Å². The molecule has 0 spiro atoms. The topological polar surface area (TPSA) is 108 Å². The normalized spacial score (nSPS) is 10.9. The Morgan fingerprint density at radius 2 is 1.89 bits per heavy atom. The second-order valence-corrected chi connectivity index (χ2v) is 5.98. The number of nitro benzene ring substituents is 1. The summed E-state index contributed by atoms with van der Waals surface area (Å²) in [6, 6.07) is 4.72. The zero-order valence-electron chi connectivity index (χ0n) is 16.0. The van der Waals surface area contributed by atoms with Gasteiger partial charge in [0, 0.05) is 37.7 Å². The molecule has 0 atom stereocenters. The maximum absolute atomic E-state index is 11.3. The molecule has 1 N–H and O–H groups in total. The molecule has 0 amide bonds. The summed E-state index contributed by atoms with van der Waals surface area (Å²) in [5, 5.41) is 19.9. The quantitative estimate of drug-likeness (QED) is 0.211. The molecule has 0 saturated heterocycles. The Kier molecular flexibility index (Phi) is 11.0. The molecule has 0 fully saturated rings. The average Bonchev–Trinajstić information content (AvgIpc) is 2.62. The van der Waals surface area contributed by atoms with Gasteiger partial charge in [-0.3, -0.25) is 14.9 Å². The van der Waals surface area contributed by atoms with Crippen LogP contribution in [0.1, 0.15) is 51.5 Å². The van der Waals surface area contributed by atoms with E-state index in [0.717, 1.165) is 12.8 Å². The molecule has 0 aliphatic carbocycles. The molecule has 8 nitrogen and oxygen atoms in total. The van der Waals surface area contributed by atoms with E-state index in [1.54, 1.807) is 12.1 Å². The SMILES string of the molecule is CCOC(CCc1cc(OCCCCCC(=O)O)ccc1[N+](=O)[O-])OCC. The maximum Gasteiger partial charge on any atom is 0.303 e. The fourth-order valence-corrected chi connectivity index (χ4v) is 2.64. The van der Waals surface area contributed by atoms with Crippen LogP contribution in [0.4, 0.5) is 5.69 Å². The Labute approximate surface area is 159 Å². The lowest BCUT2D eigenvalue weighted by atomic mass is 10.1. The van der Waals surface area contributed by atoms with E-state index < -0.39 is 17.2 Å². The number of unbranched alkanes of at least 4 members (excludes halogenated alkanes) is 2. The molecule has 27 heavy (non-hydrogen) atoms. The first-order chi connectivity index (χ1) is 13.0. The third kappa shape index (κ3) is 9.35. The minimum atomic E-state index is -0.798. The highest BCUT2D eigenvalue weighted by molar-refractivity contribution is 5.66. The van der Waals surface area contributed by atoms with Gasteiger partial charge in [0.15, 0.2) is 6.29 Å². The van der Waals surface area contributed by atoms with Crippen LogP contribution in [0.3, 0.4) is 0 Å². The van der Waals surface area contributed by atoms with Gasteiger partial charge >= 0.3 is 5.97 Å². The Morgan fingerprint density at radius 3 is 2.48 bits per heavy atom. The van der Waals surface area contributed by atoms with E-state index in [-0.39, 0.29) is 12.1 Å². The summed E-state index contributed by atoms with van der Waals surface area (Å²) in [6.45, 7) is 5.21. The smallest absolute Gasteiger partial charge is 0.303 e. The predicted molar refractivity (Wildman–Crippen MR) is 100 cm³/mol. The third-order valence-electron chi connectivity index (χ3n) is 3.91. The van der Waals surface area contributed by atoms with Crippen LogP contribution in [-0.2, 0) is 20.7 Å². The molecule has 0 aliphatic rings. The molecule has 0 heterocycles. The highest BCUT2D eigenvalue weighted by atomic mass is 16.7. The van der Waals surface area contributed by atoms with Crippen LogP contribution in [0.25, 0.3) is 0 Å². The molecule has 0 aromatic heterocycles. The molecule has 1 aromatic rings. The van der Waals surface area contributed by atoms with Crippen LogP contribution in [0.5, 0.6) is 5.75 Å². The first kappa shape index (κ1) is 22.9. The summed E-state index contributed by atoms with van der Waals surface area (Å²) in [5.41, 5.74) is 0.628. The molecule has 0 bridgehead atoms. The van der Waals surface area contributed by atoms with Crippen molar-refractivity contribution in [2.75, 3.05) is 19.8 Å². The third-order valence-corrected chi connectivity index (χ3v) is 3.91. The number of benzene rings is 1. The summed E-state index contributed by atoms with van der Waals surface area (Å²) in [5.74, 6) is -0.230. The van der Waals surface area contributed by atoms with E-state index in [1.165, 1.54) is 6.07 Å². The largest absolute Gasteiger partial charge is 0.494 e. The Morgan fingerprint density at radius 1 is 1.19 bits per heavy atom. The van der Waals surface area contributed by atoms with Crippen molar-refractivity contribution in [2.45, 2.75) is 58.7 Å². The van der Waals surface area contributed by atoms with Crippen LogP contribution in [0.2, 0.25) is 0 Å². The molecule has 0 radical (unpaired) electrons. The second-order valence-electron chi connectivity index (χ2n) is 5.98. The first-order valence-corrected chi connectivity index (χ1v) is 9.33. The van der Waals surface area contributed by atoms with Crippen molar-refractivity contribution in [3.05, 3.63) is 33.9 Å². The molecular formula is C19H29NO7. The highest BCUT2D eigenvalue weighted by Gasteiger charge is 2.17. The predicted octanol–water partition coefficient (Wildman–Crippen LogP) is 3.95. The van der Waals surface area contributed by atoms with Crippen molar-refractivity contribution >= 4 is 11.7 Å². The summed E-state index contributed by atoms with van der Waals surface area (Å²) in [4.78, 5) is 21.3. The lowest BCUT2D eigenvalue weighted by Gasteiger charge is -2.17. The molecule has 0 unspecified atom stereocenters. The van der Waals surface area contributed by atoms with Crippen molar-refractivity contribution < 1.29 is 29.0 Å². The van der Waals surface area contributed by atoms with E-state index in [9.17, 15) is 14.9 Å². The number of rotatable bonds is 15. The molecule has 0 saturated carbocycles. The first-order valence-electron chi connectivity index (χ1n) is 9.33.